The summed E-state index contributed by atoms with van der Waals surface area (Å²) in [5.74, 6) is 0.478. The molecular weight excluding hydrogens is 447 g/mol. The maximum absolute atomic E-state index is 12.2. The van der Waals surface area contributed by atoms with Gasteiger partial charge in [0.05, 0.1) is 5.60 Å². The average molecular weight is 472 g/mol. The summed E-state index contributed by atoms with van der Waals surface area (Å²) in [6.45, 7) is 8.69. The van der Waals surface area contributed by atoms with Crippen LogP contribution in [0.25, 0.3) is 16.9 Å². The third kappa shape index (κ3) is 7.20. The van der Waals surface area contributed by atoms with Crippen LogP contribution in [-0.2, 0) is 4.79 Å². The zero-order chi connectivity index (χ0) is 24.3. The quantitative estimate of drug-likeness (QED) is 0.482. The number of ether oxygens (including phenoxy) is 1. The first-order chi connectivity index (χ1) is 14.7. The molecule has 0 unspecified atom stereocenters. The molecule has 10 heteroatoms. The SMILES string of the molecule is CCC(=O)CC(C)(C)O.Cc1cc2nc(C)n(-c3ccc(OC(F)(F)F)cc3)c2nc1Cl. The van der Waals surface area contributed by atoms with Gasteiger partial charge in [0.1, 0.15) is 28.0 Å². The third-order valence-corrected chi connectivity index (χ3v) is 4.66. The minimum Gasteiger partial charge on any atom is -0.406 e. The van der Waals surface area contributed by atoms with Gasteiger partial charge in [0.2, 0.25) is 0 Å². The van der Waals surface area contributed by atoms with E-state index in [0.29, 0.717) is 34.2 Å². The maximum Gasteiger partial charge on any atom is 0.573 e. The number of alkyl halides is 3. The second kappa shape index (κ2) is 9.87. The van der Waals surface area contributed by atoms with Crippen molar-refractivity contribution in [2.45, 2.75) is 59.4 Å². The van der Waals surface area contributed by atoms with E-state index in [-0.39, 0.29) is 18.0 Å². The van der Waals surface area contributed by atoms with Crippen molar-refractivity contribution in [3.63, 3.8) is 0 Å². The monoisotopic (exact) mass is 471 g/mol. The zero-order valence-electron chi connectivity index (χ0n) is 18.4. The Morgan fingerprint density at radius 3 is 2.22 bits per heavy atom. The molecule has 0 atom stereocenters. The number of carbonyl (C=O) groups excluding carboxylic acids is 1. The highest BCUT2D eigenvalue weighted by atomic mass is 35.5. The molecule has 6 nitrogen and oxygen atoms in total. The average Bonchev–Trinajstić information content (AvgIpc) is 2.95. The van der Waals surface area contributed by atoms with Crippen LogP contribution in [0.3, 0.4) is 0 Å². The van der Waals surface area contributed by atoms with Gasteiger partial charge in [0.25, 0.3) is 0 Å². The van der Waals surface area contributed by atoms with Crippen LogP contribution in [-0.4, -0.2) is 37.4 Å². The summed E-state index contributed by atoms with van der Waals surface area (Å²) in [6, 6.07) is 7.30. The predicted molar refractivity (Wildman–Crippen MR) is 116 cm³/mol. The van der Waals surface area contributed by atoms with Crippen molar-refractivity contribution in [1.29, 1.82) is 0 Å². The van der Waals surface area contributed by atoms with Gasteiger partial charge in [-0.05, 0) is 63.6 Å². The summed E-state index contributed by atoms with van der Waals surface area (Å²) < 4.78 is 42.2. The van der Waals surface area contributed by atoms with Crippen molar-refractivity contribution in [2.24, 2.45) is 0 Å². The number of Topliss-reactive ketones (excluding diaryl/α,β-unsaturated/α-hetero) is 1. The number of fused-ring (bicyclic) bond motifs is 1. The van der Waals surface area contributed by atoms with Gasteiger partial charge in [-0.25, -0.2) is 9.97 Å². The van der Waals surface area contributed by atoms with Crippen LogP contribution >= 0.6 is 11.6 Å². The van der Waals surface area contributed by atoms with Crippen LogP contribution in [0.2, 0.25) is 5.15 Å². The van der Waals surface area contributed by atoms with Crippen molar-refractivity contribution in [1.82, 2.24) is 14.5 Å². The smallest absolute Gasteiger partial charge is 0.406 e. The summed E-state index contributed by atoms with van der Waals surface area (Å²) >= 11 is 6.06. The number of nitrogens with zero attached hydrogens (tertiary/aromatic N) is 3. The topological polar surface area (TPSA) is 77.2 Å². The molecular formula is C22H25ClF3N3O3. The summed E-state index contributed by atoms with van der Waals surface area (Å²) in [7, 11) is 0. The van der Waals surface area contributed by atoms with E-state index >= 15 is 0 Å². The number of imidazole rings is 1. The van der Waals surface area contributed by atoms with E-state index in [9.17, 15) is 18.0 Å². The number of hydrogen-bond donors (Lipinski definition) is 1. The number of benzene rings is 1. The highest BCUT2D eigenvalue weighted by Gasteiger charge is 2.31. The minimum absolute atomic E-state index is 0.113. The number of hydrogen-bond acceptors (Lipinski definition) is 5. The van der Waals surface area contributed by atoms with Crippen LogP contribution in [0.4, 0.5) is 13.2 Å². The van der Waals surface area contributed by atoms with Crippen LogP contribution < -0.4 is 4.74 Å². The first-order valence-corrected chi connectivity index (χ1v) is 10.2. The highest BCUT2D eigenvalue weighted by molar-refractivity contribution is 6.30. The predicted octanol–water partition coefficient (Wildman–Crippen LogP) is 5.72. The lowest BCUT2D eigenvalue weighted by molar-refractivity contribution is -0.274. The Balaban J connectivity index is 0.000000344. The number of aromatic nitrogens is 3. The van der Waals surface area contributed by atoms with E-state index in [4.69, 9.17) is 16.7 Å². The normalized spacial score (nSPS) is 11.8. The van der Waals surface area contributed by atoms with Crippen molar-refractivity contribution >= 4 is 28.5 Å². The lowest BCUT2D eigenvalue weighted by Crippen LogP contribution is -2.22. The van der Waals surface area contributed by atoms with Crippen LogP contribution in [0.15, 0.2) is 30.3 Å². The molecule has 3 rings (SSSR count). The van der Waals surface area contributed by atoms with Gasteiger partial charge in [-0.1, -0.05) is 18.5 Å². The summed E-state index contributed by atoms with van der Waals surface area (Å²) in [6.07, 6.45) is -3.93. The zero-order valence-corrected chi connectivity index (χ0v) is 19.2. The van der Waals surface area contributed by atoms with E-state index in [1.165, 1.54) is 24.3 Å². The van der Waals surface area contributed by atoms with Crippen LogP contribution in [0.5, 0.6) is 5.75 Å². The van der Waals surface area contributed by atoms with Crippen LogP contribution in [0, 0.1) is 13.8 Å². The van der Waals surface area contributed by atoms with Crippen molar-refractivity contribution in [3.8, 4) is 11.4 Å². The second-order valence-electron chi connectivity index (χ2n) is 7.86. The molecule has 0 radical (unpaired) electrons. The number of pyridine rings is 1. The molecule has 3 aromatic rings. The lowest BCUT2D eigenvalue weighted by atomic mass is 10.0. The molecule has 0 bridgehead atoms. The van der Waals surface area contributed by atoms with E-state index in [0.717, 1.165) is 5.56 Å². The van der Waals surface area contributed by atoms with Gasteiger partial charge < -0.3 is 9.84 Å². The number of ketones is 1. The molecule has 1 aromatic carbocycles. The molecule has 0 fully saturated rings. The molecule has 32 heavy (non-hydrogen) atoms. The fourth-order valence-corrected chi connectivity index (χ4v) is 3.04. The first-order valence-electron chi connectivity index (χ1n) is 9.82. The van der Waals surface area contributed by atoms with Gasteiger partial charge in [-0.3, -0.25) is 9.36 Å². The fourth-order valence-electron chi connectivity index (χ4n) is 2.91. The van der Waals surface area contributed by atoms with Gasteiger partial charge in [-0.15, -0.1) is 13.2 Å². The Kier molecular flexibility index (Phi) is 7.90. The molecule has 0 aliphatic carbocycles. The van der Waals surface area contributed by atoms with Gasteiger partial charge >= 0.3 is 6.36 Å². The fraction of sp³-hybridized carbons (Fsp3) is 0.409. The number of halogens is 4. The molecule has 0 saturated heterocycles. The largest absolute Gasteiger partial charge is 0.573 e. The van der Waals surface area contributed by atoms with Crippen LogP contribution in [0.1, 0.15) is 45.0 Å². The van der Waals surface area contributed by atoms with Gasteiger partial charge in [0.15, 0.2) is 5.65 Å². The van der Waals surface area contributed by atoms with E-state index < -0.39 is 12.0 Å². The Bertz CT molecular complexity index is 1090. The maximum atomic E-state index is 12.2. The summed E-state index contributed by atoms with van der Waals surface area (Å²) in [5.41, 5.74) is 1.81. The molecule has 0 amide bonds. The van der Waals surface area contributed by atoms with E-state index in [1.54, 1.807) is 32.3 Å². The summed E-state index contributed by atoms with van der Waals surface area (Å²) in [5, 5.41) is 9.46. The highest BCUT2D eigenvalue weighted by Crippen LogP contribution is 2.27. The van der Waals surface area contributed by atoms with Crippen molar-refractivity contribution in [3.05, 3.63) is 46.9 Å². The molecule has 174 valence electrons. The van der Waals surface area contributed by atoms with E-state index in [2.05, 4.69) is 14.7 Å². The Morgan fingerprint density at radius 1 is 1.16 bits per heavy atom. The molecule has 2 heterocycles. The van der Waals surface area contributed by atoms with Crippen molar-refractivity contribution in [2.75, 3.05) is 0 Å². The summed E-state index contributed by atoms with van der Waals surface area (Å²) in [4.78, 5) is 19.4. The molecule has 0 aliphatic heterocycles. The second-order valence-corrected chi connectivity index (χ2v) is 8.21. The molecule has 1 N–H and O–H groups in total. The molecule has 0 aliphatic rings. The third-order valence-electron chi connectivity index (χ3n) is 4.28. The molecule has 0 saturated carbocycles. The lowest BCUT2D eigenvalue weighted by Gasteiger charge is -2.14. The molecule has 2 aromatic heterocycles. The minimum atomic E-state index is -4.72. The standard InChI is InChI=1S/C15H11ClF3N3O.C7H14O2/c1-8-7-12-14(21-13(8)16)22(9(2)20-12)10-3-5-11(6-4-10)23-15(17,18)19;1-4-6(8)5-7(2,3)9/h3-7H,1-2H3;9H,4-5H2,1-3H3. The van der Waals surface area contributed by atoms with E-state index in [1.807, 2.05) is 13.0 Å². The Labute approximate surface area is 189 Å². The van der Waals surface area contributed by atoms with Gasteiger partial charge in [-0.2, -0.15) is 0 Å². The van der Waals surface area contributed by atoms with Crippen molar-refractivity contribution < 1.29 is 27.8 Å². The van der Waals surface area contributed by atoms with Gasteiger partial charge in [0, 0.05) is 18.5 Å². The number of carbonyl (C=O) groups is 1. The number of aliphatic hydroxyl groups is 1. The molecule has 0 spiro atoms. The number of aryl methyl sites for hydroxylation is 2. The first kappa shape index (κ1) is 25.6. The number of rotatable bonds is 5. The Hall–Kier alpha value is -2.65. The Morgan fingerprint density at radius 2 is 1.75 bits per heavy atom.